The Morgan fingerprint density at radius 3 is 1.84 bits per heavy atom. The zero-order valence-electron chi connectivity index (χ0n) is 46.9. The summed E-state index contributed by atoms with van der Waals surface area (Å²) in [7, 11) is 3.76. The maximum absolute atomic E-state index is 14.1. The highest BCUT2D eigenvalue weighted by Gasteiger charge is 2.52. The van der Waals surface area contributed by atoms with Crippen molar-refractivity contribution in [2.75, 3.05) is 40.4 Å². The quantitative estimate of drug-likeness (QED) is 0.0602. The zero-order valence-corrected chi connectivity index (χ0v) is 49.4. The highest BCUT2D eigenvalue weighted by Crippen LogP contribution is 2.56. The van der Waals surface area contributed by atoms with Crippen molar-refractivity contribution in [2.45, 2.75) is 186 Å². The number of halogens is 1. The van der Waals surface area contributed by atoms with Crippen LogP contribution in [0.1, 0.15) is 120 Å². The van der Waals surface area contributed by atoms with Crippen molar-refractivity contribution in [3.63, 3.8) is 0 Å². The number of carbonyl (C=O) groups is 3. The van der Waals surface area contributed by atoms with Crippen LogP contribution >= 0.6 is 7.26 Å². The number of carbonyl (C=O) groups excluding carboxylic acids is 3. The van der Waals surface area contributed by atoms with Crippen molar-refractivity contribution in [3.8, 4) is 0 Å². The van der Waals surface area contributed by atoms with E-state index in [0.29, 0.717) is 19.5 Å². The first-order valence-electron chi connectivity index (χ1n) is 27.2. The highest BCUT2D eigenvalue weighted by molar-refractivity contribution is 7.95. The fraction of sp³-hybridized carbons (Fsp3) is 0.644. The summed E-state index contributed by atoms with van der Waals surface area (Å²) < 4.78 is 31.0. The van der Waals surface area contributed by atoms with Gasteiger partial charge in [-0.3, -0.25) is 14.5 Å². The summed E-state index contributed by atoms with van der Waals surface area (Å²) in [6.45, 7) is 16.0. The van der Waals surface area contributed by atoms with Crippen LogP contribution in [0, 0.1) is 17.8 Å². The van der Waals surface area contributed by atoms with Gasteiger partial charge in [0, 0.05) is 32.0 Å². The lowest BCUT2D eigenvalue weighted by Gasteiger charge is -2.47. The number of esters is 2. The molecule has 2 aliphatic heterocycles. The van der Waals surface area contributed by atoms with Gasteiger partial charge < -0.3 is 66.2 Å². The largest absolute Gasteiger partial charge is 1.00 e. The molecule has 2 heterocycles. The molecule has 5 rings (SSSR count). The summed E-state index contributed by atoms with van der Waals surface area (Å²) in [5.41, 5.74) is -3.48. The molecule has 0 aliphatic carbocycles. The fourth-order valence-corrected chi connectivity index (χ4v) is 16.1. The van der Waals surface area contributed by atoms with Gasteiger partial charge in [0.1, 0.15) is 34.9 Å². The molecule has 0 spiro atoms. The SMILES string of the molecule is CC[C@H]1OC(=O)[C@H](C)[C@@H](O)[C@H](C)[C@@H](O[C@@H]2O[C@H](C)C[C@H](N(C)C)[C@H]2OC(C)=O)[C@](C)(O)C[C@@H](C)CN(C)[C@H](C)[C@@H](OC(=O)NCCCCCCCC[P+](c2ccccc2)(c2ccccc2)c2ccccc2)[C@]1(C)O.[Br-]. The molecule has 420 valence electrons. The van der Waals surface area contributed by atoms with E-state index in [1.54, 1.807) is 20.8 Å². The third kappa shape index (κ3) is 16.8. The predicted octanol–water partition coefficient (Wildman–Crippen LogP) is 4.62. The van der Waals surface area contributed by atoms with Gasteiger partial charge >= 0.3 is 18.0 Å². The number of nitrogens with zero attached hydrogens (tertiary/aromatic N) is 2. The van der Waals surface area contributed by atoms with Gasteiger partial charge in [-0.05, 0) is 137 Å². The van der Waals surface area contributed by atoms with Gasteiger partial charge in [-0.2, -0.15) is 0 Å². The summed E-state index contributed by atoms with van der Waals surface area (Å²) in [6, 6.07) is 32.1. The lowest BCUT2D eigenvalue weighted by Crippen LogP contribution is -3.00. The monoisotopic (exact) mass is 1130 g/mol. The van der Waals surface area contributed by atoms with E-state index in [2.05, 4.69) is 96.3 Å². The molecule has 0 aromatic heterocycles. The van der Waals surface area contributed by atoms with Gasteiger partial charge in [0.25, 0.3) is 0 Å². The van der Waals surface area contributed by atoms with E-state index in [4.69, 9.17) is 23.7 Å². The number of ether oxygens (including phenoxy) is 5. The van der Waals surface area contributed by atoms with Crippen LogP contribution in [-0.4, -0.2) is 150 Å². The molecule has 2 saturated heterocycles. The molecule has 75 heavy (non-hydrogen) atoms. The van der Waals surface area contributed by atoms with Gasteiger partial charge in [-0.1, -0.05) is 94.6 Å². The number of nitrogens with one attached hydrogen (secondary N) is 1. The summed E-state index contributed by atoms with van der Waals surface area (Å²) in [6.07, 6.45) is 0.262. The van der Waals surface area contributed by atoms with Crippen LogP contribution in [0.5, 0.6) is 0 Å². The van der Waals surface area contributed by atoms with Gasteiger partial charge in [0.15, 0.2) is 18.5 Å². The first-order chi connectivity index (χ1) is 35.0. The molecule has 14 atom stereocenters. The van der Waals surface area contributed by atoms with E-state index >= 15 is 0 Å². The lowest BCUT2D eigenvalue weighted by atomic mass is 9.78. The van der Waals surface area contributed by atoms with Crippen molar-refractivity contribution in [1.29, 1.82) is 0 Å². The molecule has 0 unspecified atom stereocenters. The fourth-order valence-electron chi connectivity index (χ4n) is 11.7. The van der Waals surface area contributed by atoms with Crippen LogP contribution in [0.4, 0.5) is 4.79 Å². The van der Waals surface area contributed by atoms with Gasteiger partial charge in [-0.25, -0.2) is 4.79 Å². The molecular weight excluding hydrogens is 1040 g/mol. The molecule has 2 fully saturated rings. The van der Waals surface area contributed by atoms with Crippen LogP contribution in [0.25, 0.3) is 0 Å². The van der Waals surface area contributed by atoms with Crippen molar-refractivity contribution >= 4 is 41.2 Å². The van der Waals surface area contributed by atoms with Crippen molar-refractivity contribution in [2.24, 2.45) is 17.8 Å². The van der Waals surface area contributed by atoms with Gasteiger partial charge in [-0.15, -0.1) is 0 Å². The van der Waals surface area contributed by atoms with Crippen molar-refractivity contribution in [1.82, 2.24) is 15.1 Å². The summed E-state index contributed by atoms with van der Waals surface area (Å²) in [4.78, 5) is 44.1. The third-order valence-electron chi connectivity index (χ3n) is 15.7. The first kappa shape index (κ1) is 64.0. The number of likely N-dealkylation sites (N-methyl/N-ethyl adjacent to an activating group) is 2. The number of hydrogen-bond donors (Lipinski definition) is 4. The number of rotatable bonds is 18. The standard InChI is InChI=1S/C59H90N3O11P.BrH/c1-13-50-59(9,68)54(73-57(66)60-35-27-16-14-15-17-28-36-74(46-29-21-18-22-30-46,47-31-23-19-24-32-47)48-33-25-20-26-34-48)44(6)62(12)39-40(2)38-58(8,67)53(42(4)51(64)43(5)55(65)71-50)72-56-52(70-45(7)63)49(61(10)11)37-41(3)69-56;/h18-26,29-34,40-44,49-54,56,64,67-68H,13-17,27-28,35-39H2,1-12H3;1H/t40-,41-,42+,43-,44-,49+,50-,51+,52-,53-,54-,56+,58-,59-;/m1./s1. The number of amides is 1. The predicted molar refractivity (Wildman–Crippen MR) is 294 cm³/mol. The van der Waals surface area contributed by atoms with E-state index in [1.807, 2.05) is 51.7 Å². The molecule has 2 aliphatic rings. The molecule has 0 bridgehead atoms. The topological polar surface area (TPSA) is 177 Å². The Labute approximate surface area is 460 Å². The Hall–Kier alpha value is -3.50. The Morgan fingerprint density at radius 2 is 1.33 bits per heavy atom. The molecular formula is C59H91BrN3O11P. The van der Waals surface area contributed by atoms with E-state index < -0.39 is 91.2 Å². The second-order valence-electron chi connectivity index (χ2n) is 22.2. The molecule has 4 N–H and O–H groups in total. The second kappa shape index (κ2) is 29.5. The number of benzene rings is 3. The average Bonchev–Trinajstić information content (AvgIpc) is 3.36. The van der Waals surface area contributed by atoms with Crippen molar-refractivity contribution in [3.05, 3.63) is 91.0 Å². The van der Waals surface area contributed by atoms with Crippen LogP contribution in [0.2, 0.25) is 0 Å². The van der Waals surface area contributed by atoms with Crippen molar-refractivity contribution < 1.29 is 70.4 Å². The molecule has 3 aromatic rings. The van der Waals surface area contributed by atoms with Crippen LogP contribution in [0.15, 0.2) is 91.0 Å². The number of aliphatic hydroxyl groups excluding tert-OH is 1. The highest BCUT2D eigenvalue weighted by atomic mass is 79.9. The second-order valence-corrected chi connectivity index (χ2v) is 25.8. The summed E-state index contributed by atoms with van der Waals surface area (Å²) in [5, 5.41) is 44.0. The first-order valence-corrected chi connectivity index (χ1v) is 29.2. The van der Waals surface area contributed by atoms with E-state index in [9.17, 15) is 29.7 Å². The smallest absolute Gasteiger partial charge is 0.407 e. The Kier molecular flexibility index (Phi) is 25.2. The minimum absolute atomic E-state index is 0. The molecule has 0 saturated carbocycles. The Morgan fingerprint density at radius 1 is 0.813 bits per heavy atom. The van der Waals surface area contributed by atoms with E-state index in [1.165, 1.54) is 36.7 Å². The normalized spacial score (nSPS) is 31.5. The third-order valence-corrected chi connectivity index (χ3v) is 20.2. The molecule has 14 nitrogen and oxygen atoms in total. The number of alkyl carbamates (subject to hydrolysis) is 1. The van der Waals surface area contributed by atoms with E-state index in [0.717, 1.165) is 44.7 Å². The molecule has 1 amide bonds. The number of unbranched alkanes of at least 4 members (excludes halogenated alkanes) is 5. The van der Waals surface area contributed by atoms with Gasteiger partial charge in [0.2, 0.25) is 0 Å². The molecule has 3 aromatic carbocycles. The van der Waals surface area contributed by atoms with Crippen LogP contribution in [0.3, 0.4) is 0 Å². The van der Waals surface area contributed by atoms with Crippen LogP contribution < -0.4 is 38.2 Å². The lowest BCUT2D eigenvalue weighted by molar-refractivity contribution is -0.301. The summed E-state index contributed by atoms with van der Waals surface area (Å²) in [5.74, 6) is -3.51. The zero-order chi connectivity index (χ0) is 54.4. The Bertz CT molecular complexity index is 2080. The minimum atomic E-state index is -1.87. The molecule has 16 heteroatoms. The van der Waals surface area contributed by atoms with Gasteiger partial charge in [0.05, 0.1) is 42.0 Å². The minimum Gasteiger partial charge on any atom is -1.00 e. The number of cyclic esters (lactones) is 1. The Balaban J connectivity index is 0.0000122. The van der Waals surface area contributed by atoms with E-state index in [-0.39, 0.29) is 47.9 Å². The maximum Gasteiger partial charge on any atom is 0.407 e. The number of aliphatic hydroxyl groups is 3. The maximum atomic E-state index is 14.1. The molecule has 0 radical (unpaired) electrons. The number of hydrogen-bond acceptors (Lipinski definition) is 13. The summed E-state index contributed by atoms with van der Waals surface area (Å²) >= 11 is 0. The average molecular weight is 1130 g/mol. The van der Waals surface area contributed by atoms with Crippen LogP contribution in [-0.2, 0) is 33.3 Å².